The molecule has 3 rings (SSSR count). The minimum atomic E-state index is -0.0717. The number of anilines is 1. The van der Waals surface area contributed by atoms with Crippen molar-refractivity contribution in [3.05, 3.63) is 11.4 Å². The maximum absolute atomic E-state index is 12.2. The Morgan fingerprint density at radius 1 is 1.50 bits per heavy atom. The van der Waals surface area contributed by atoms with Gasteiger partial charge in [-0.25, -0.2) is 0 Å². The number of hydrogen-bond donors (Lipinski definition) is 3. The number of rotatable bonds is 4. The molecule has 0 saturated carbocycles. The van der Waals surface area contributed by atoms with Crippen molar-refractivity contribution >= 4 is 11.6 Å². The van der Waals surface area contributed by atoms with Crippen molar-refractivity contribution in [2.24, 2.45) is 0 Å². The minimum Gasteiger partial charge on any atom is -0.382 e. The maximum atomic E-state index is 12.2. The number of nitrogens with one attached hydrogen (secondary N) is 3. The highest BCUT2D eigenvalue weighted by Crippen LogP contribution is 2.23. The summed E-state index contributed by atoms with van der Waals surface area (Å²) in [7, 11) is 2.16. The summed E-state index contributed by atoms with van der Waals surface area (Å²) in [5, 5.41) is 13.4. The number of H-pyrrole nitrogens is 1. The van der Waals surface area contributed by atoms with Crippen LogP contribution in [0.5, 0.6) is 0 Å². The van der Waals surface area contributed by atoms with E-state index in [0.29, 0.717) is 11.7 Å². The number of carbonyl (C=O) groups excluding carboxylic acids is 1. The lowest BCUT2D eigenvalue weighted by molar-refractivity contribution is 0.0946. The van der Waals surface area contributed by atoms with Gasteiger partial charge in [-0.1, -0.05) is 0 Å². The zero-order chi connectivity index (χ0) is 13.9. The molecule has 1 aromatic rings. The van der Waals surface area contributed by atoms with E-state index in [2.05, 4.69) is 32.8 Å². The number of amides is 1. The van der Waals surface area contributed by atoms with Crippen molar-refractivity contribution in [3.8, 4) is 0 Å². The minimum absolute atomic E-state index is 0.0717. The van der Waals surface area contributed by atoms with Crippen molar-refractivity contribution in [1.82, 2.24) is 20.4 Å². The van der Waals surface area contributed by atoms with Crippen LogP contribution in [0.4, 0.5) is 5.69 Å². The monoisotopic (exact) mass is 277 g/mol. The molecule has 1 aromatic heterocycles. The molecule has 1 amide bonds. The Hall–Kier alpha value is -1.56. The molecule has 1 fully saturated rings. The molecule has 110 valence electrons. The summed E-state index contributed by atoms with van der Waals surface area (Å²) in [6.45, 7) is 2.81. The van der Waals surface area contributed by atoms with Crippen molar-refractivity contribution in [1.29, 1.82) is 0 Å². The number of nitrogens with zero attached hydrogens (tertiary/aromatic N) is 2. The highest BCUT2D eigenvalue weighted by atomic mass is 16.1. The number of hydrogen-bond acceptors (Lipinski definition) is 4. The standard InChI is InChI=1S/C14H23N5O/c1-19-9-3-4-10(19)6-8-16-14(20)13-12-11(17-18-13)5-2-7-15-12/h10,15H,2-9H2,1H3,(H,16,20)(H,17,18). The predicted molar refractivity (Wildman–Crippen MR) is 78.0 cm³/mol. The van der Waals surface area contributed by atoms with E-state index >= 15 is 0 Å². The van der Waals surface area contributed by atoms with Crippen LogP contribution < -0.4 is 10.6 Å². The fraction of sp³-hybridized carbons (Fsp3) is 0.714. The third-order valence-corrected chi connectivity index (χ3v) is 4.40. The van der Waals surface area contributed by atoms with Gasteiger partial charge in [0.1, 0.15) is 0 Å². The molecule has 0 aromatic carbocycles. The van der Waals surface area contributed by atoms with Crippen molar-refractivity contribution in [2.45, 2.75) is 38.1 Å². The SMILES string of the molecule is CN1CCCC1CCNC(=O)c1n[nH]c2c1NCCC2. The third-order valence-electron chi connectivity index (χ3n) is 4.40. The predicted octanol–water partition coefficient (Wildman–Crippen LogP) is 0.982. The molecule has 0 radical (unpaired) electrons. The molecule has 1 saturated heterocycles. The average Bonchev–Trinajstić information content (AvgIpc) is 3.05. The van der Waals surface area contributed by atoms with Crippen LogP contribution in [0.2, 0.25) is 0 Å². The second-order valence-electron chi connectivity index (χ2n) is 5.78. The van der Waals surface area contributed by atoms with Gasteiger partial charge in [0, 0.05) is 19.1 Å². The Labute approximate surface area is 119 Å². The molecular weight excluding hydrogens is 254 g/mol. The molecule has 0 bridgehead atoms. The highest BCUT2D eigenvalue weighted by molar-refractivity contribution is 5.98. The quantitative estimate of drug-likeness (QED) is 0.767. The van der Waals surface area contributed by atoms with Crippen LogP contribution in [0.1, 0.15) is 41.9 Å². The summed E-state index contributed by atoms with van der Waals surface area (Å²) < 4.78 is 0. The Balaban J connectivity index is 1.53. The molecule has 1 unspecified atom stereocenters. The van der Waals surface area contributed by atoms with Crippen molar-refractivity contribution in [3.63, 3.8) is 0 Å². The summed E-state index contributed by atoms with van der Waals surface area (Å²) in [6, 6.07) is 0.613. The smallest absolute Gasteiger partial charge is 0.273 e. The molecule has 3 N–H and O–H groups in total. The van der Waals surface area contributed by atoms with E-state index in [-0.39, 0.29) is 5.91 Å². The second kappa shape index (κ2) is 5.83. The van der Waals surface area contributed by atoms with E-state index in [1.54, 1.807) is 0 Å². The first kappa shape index (κ1) is 13.4. The topological polar surface area (TPSA) is 73.0 Å². The van der Waals surface area contributed by atoms with Crippen LogP contribution in [0.15, 0.2) is 0 Å². The molecule has 2 aliphatic rings. The lowest BCUT2D eigenvalue weighted by Gasteiger charge is -2.19. The number of carbonyl (C=O) groups is 1. The number of likely N-dealkylation sites (tertiary alicyclic amines) is 1. The molecule has 20 heavy (non-hydrogen) atoms. The van der Waals surface area contributed by atoms with Gasteiger partial charge in [-0.2, -0.15) is 5.10 Å². The Morgan fingerprint density at radius 3 is 3.20 bits per heavy atom. The lowest BCUT2D eigenvalue weighted by atomic mass is 10.1. The van der Waals surface area contributed by atoms with Crippen molar-refractivity contribution in [2.75, 3.05) is 32.0 Å². The molecule has 0 spiro atoms. The van der Waals surface area contributed by atoms with Gasteiger partial charge in [0.2, 0.25) is 0 Å². The Bertz CT molecular complexity index is 484. The maximum Gasteiger partial charge on any atom is 0.273 e. The first-order valence-electron chi connectivity index (χ1n) is 7.55. The van der Waals surface area contributed by atoms with E-state index in [9.17, 15) is 4.79 Å². The van der Waals surface area contributed by atoms with E-state index in [4.69, 9.17) is 0 Å². The number of aromatic amines is 1. The van der Waals surface area contributed by atoms with Crippen LogP contribution in [-0.4, -0.2) is 53.7 Å². The second-order valence-corrected chi connectivity index (χ2v) is 5.78. The van der Waals surface area contributed by atoms with Gasteiger partial charge in [0.05, 0.1) is 11.4 Å². The molecule has 1 atom stereocenters. The van der Waals surface area contributed by atoms with Gasteiger partial charge in [0.25, 0.3) is 5.91 Å². The number of aromatic nitrogens is 2. The normalized spacial score (nSPS) is 22.4. The fourth-order valence-electron chi connectivity index (χ4n) is 3.17. The van der Waals surface area contributed by atoms with Crippen LogP contribution in [0.25, 0.3) is 0 Å². The summed E-state index contributed by atoms with van der Waals surface area (Å²) in [6.07, 6.45) is 5.58. The molecule has 0 aliphatic carbocycles. The van der Waals surface area contributed by atoms with Gasteiger partial charge in [-0.05, 0) is 45.7 Å². The summed E-state index contributed by atoms with van der Waals surface area (Å²) in [5.74, 6) is -0.0717. The largest absolute Gasteiger partial charge is 0.382 e. The Kier molecular flexibility index (Phi) is 3.91. The van der Waals surface area contributed by atoms with Gasteiger partial charge in [-0.3, -0.25) is 9.89 Å². The van der Waals surface area contributed by atoms with Crippen LogP contribution in [0, 0.1) is 0 Å². The molecule has 6 nitrogen and oxygen atoms in total. The summed E-state index contributed by atoms with van der Waals surface area (Å²) in [4.78, 5) is 14.6. The van der Waals surface area contributed by atoms with Crippen LogP contribution in [-0.2, 0) is 6.42 Å². The zero-order valence-corrected chi connectivity index (χ0v) is 12.0. The van der Waals surface area contributed by atoms with E-state index in [1.807, 2.05) is 0 Å². The first-order chi connectivity index (χ1) is 9.75. The number of aryl methyl sites for hydroxylation is 1. The first-order valence-corrected chi connectivity index (χ1v) is 7.55. The number of fused-ring (bicyclic) bond motifs is 1. The van der Waals surface area contributed by atoms with Gasteiger partial charge in [0.15, 0.2) is 5.69 Å². The highest BCUT2D eigenvalue weighted by Gasteiger charge is 2.23. The van der Waals surface area contributed by atoms with Crippen LogP contribution in [0.3, 0.4) is 0 Å². The molecule has 3 heterocycles. The third kappa shape index (κ3) is 2.65. The van der Waals surface area contributed by atoms with E-state index in [1.165, 1.54) is 19.4 Å². The zero-order valence-electron chi connectivity index (χ0n) is 12.0. The van der Waals surface area contributed by atoms with Crippen molar-refractivity contribution < 1.29 is 4.79 Å². The molecular formula is C14H23N5O. The lowest BCUT2D eigenvalue weighted by Crippen LogP contribution is -2.32. The van der Waals surface area contributed by atoms with Gasteiger partial charge < -0.3 is 15.5 Å². The fourth-order valence-corrected chi connectivity index (χ4v) is 3.17. The van der Waals surface area contributed by atoms with Gasteiger partial charge >= 0.3 is 0 Å². The summed E-state index contributed by atoms with van der Waals surface area (Å²) in [5.41, 5.74) is 2.46. The molecule has 6 heteroatoms. The van der Waals surface area contributed by atoms with E-state index < -0.39 is 0 Å². The summed E-state index contributed by atoms with van der Waals surface area (Å²) >= 11 is 0. The Morgan fingerprint density at radius 2 is 2.40 bits per heavy atom. The van der Waals surface area contributed by atoms with Crippen LogP contribution >= 0.6 is 0 Å². The average molecular weight is 277 g/mol. The van der Waals surface area contributed by atoms with Gasteiger partial charge in [-0.15, -0.1) is 0 Å². The molecule has 2 aliphatic heterocycles. The van der Waals surface area contributed by atoms with E-state index in [0.717, 1.165) is 43.7 Å².